The van der Waals surface area contributed by atoms with Gasteiger partial charge >= 0.3 is 0 Å². The van der Waals surface area contributed by atoms with Gasteiger partial charge in [-0.2, -0.15) is 5.10 Å². The van der Waals surface area contributed by atoms with Crippen molar-refractivity contribution in [1.82, 2.24) is 34.1 Å². The Kier molecular flexibility index (Phi) is 4.95. The van der Waals surface area contributed by atoms with Crippen LogP contribution < -0.4 is 0 Å². The quantitative estimate of drug-likeness (QED) is 0.692. The van der Waals surface area contributed by atoms with Crippen molar-refractivity contribution < 1.29 is 4.79 Å². The lowest BCUT2D eigenvalue weighted by Crippen LogP contribution is -2.35. The van der Waals surface area contributed by atoms with Crippen molar-refractivity contribution in [2.45, 2.75) is 6.42 Å². The van der Waals surface area contributed by atoms with Gasteiger partial charge in [0.05, 0.1) is 0 Å². The fraction of sp³-hybridized carbons (Fsp3) is 0.400. The Labute approximate surface area is 164 Å². The van der Waals surface area contributed by atoms with E-state index in [1.54, 1.807) is 23.3 Å². The number of hydrogen-bond acceptors (Lipinski definition) is 5. The second-order valence-corrected chi connectivity index (χ2v) is 7.31. The van der Waals surface area contributed by atoms with Crippen molar-refractivity contribution in [2.75, 3.05) is 33.2 Å². The average Bonchev–Trinajstić information content (AvgIpc) is 3.22. The lowest BCUT2D eigenvalue weighted by molar-refractivity contribution is 0.0753. The van der Waals surface area contributed by atoms with E-state index in [9.17, 15) is 4.79 Å². The number of hydrogen-bond donors (Lipinski definition) is 0. The minimum absolute atomic E-state index is 0.0801. The summed E-state index contributed by atoms with van der Waals surface area (Å²) in [5.74, 6) is 0.709. The van der Waals surface area contributed by atoms with E-state index < -0.39 is 0 Å². The van der Waals surface area contributed by atoms with Gasteiger partial charge in [-0.1, -0.05) is 0 Å². The van der Waals surface area contributed by atoms with E-state index in [0.29, 0.717) is 11.5 Å². The molecular formula is C20H25N7O. The van der Waals surface area contributed by atoms with Gasteiger partial charge in [-0.05, 0) is 32.1 Å². The van der Waals surface area contributed by atoms with E-state index in [-0.39, 0.29) is 5.91 Å². The van der Waals surface area contributed by atoms with Crippen LogP contribution in [0.5, 0.6) is 0 Å². The topological polar surface area (TPSA) is 72.1 Å². The molecule has 4 rings (SSSR count). The summed E-state index contributed by atoms with van der Waals surface area (Å²) in [5, 5.41) is 4.15. The van der Waals surface area contributed by atoms with Gasteiger partial charge in [-0.3, -0.25) is 9.48 Å². The van der Waals surface area contributed by atoms with E-state index in [4.69, 9.17) is 0 Å². The van der Waals surface area contributed by atoms with Gasteiger partial charge < -0.3 is 14.4 Å². The molecule has 0 saturated carbocycles. The molecule has 0 radical (unpaired) electrons. The first-order valence-electron chi connectivity index (χ1n) is 9.48. The summed E-state index contributed by atoms with van der Waals surface area (Å²) in [5.41, 5.74) is 3.38. The lowest BCUT2D eigenvalue weighted by atomic mass is 10.2. The highest BCUT2D eigenvalue weighted by Crippen LogP contribution is 2.23. The molecule has 0 spiro atoms. The number of amides is 1. The van der Waals surface area contributed by atoms with E-state index in [1.807, 2.05) is 41.9 Å². The molecule has 3 aromatic heterocycles. The summed E-state index contributed by atoms with van der Waals surface area (Å²) >= 11 is 0. The van der Waals surface area contributed by atoms with E-state index >= 15 is 0 Å². The number of nitrogens with zero attached hydrogens (tertiary/aromatic N) is 7. The standard InChI is InChI=1S/C20H25N7O/c1-24-7-4-8-27(10-9-24)20(28)18-11-15(14-25(18)2)16-12-21-19(22-13-16)17-5-6-23-26(17)3/h5-6,11-14H,4,7-10H2,1-3H3. The van der Waals surface area contributed by atoms with Crippen LogP contribution in [0.1, 0.15) is 16.9 Å². The Balaban J connectivity index is 1.55. The van der Waals surface area contributed by atoms with Crippen molar-refractivity contribution in [3.8, 4) is 22.6 Å². The summed E-state index contributed by atoms with van der Waals surface area (Å²) in [7, 11) is 5.87. The van der Waals surface area contributed by atoms with Gasteiger partial charge in [0, 0.05) is 69.6 Å². The minimum atomic E-state index is 0.0801. The molecule has 0 N–H and O–H groups in total. The Morgan fingerprint density at radius 2 is 1.79 bits per heavy atom. The SMILES string of the molecule is CN1CCCN(C(=O)c2cc(-c3cnc(-c4ccnn4C)nc3)cn2C)CC1. The molecule has 0 aromatic carbocycles. The Bertz CT molecular complexity index is 973. The second-order valence-electron chi connectivity index (χ2n) is 7.31. The molecule has 28 heavy (non-hydrogen) atoms. The van der Waals surface area contributed by atoms with Crippen LogP contribution in [0.4, 0.5) is 0 Å². The third kappa shape index (κ3) is 3.55. The largest absolute Gasteiger partial charge is 0.346 e. The second kappa shape index (κ2) is 7.55. The molecule has 0 unspecified atom stereocenters. The molecule has 0 aliphatic carbocycles. The molecular weight excluding hydrogens is 354 g/mol. The molecule has 146 valence electrons. The maximum atomic E-state index is 13.0. The maximum Gasteiger partial charge on any atom is 0.270 e. The van der Waals surface area contributed by atoms with Crippen molar-refractivity contribution >= 4 is 5.91 Å². The molecule has 0 atom stereocenters. The molecule has 8 heteroatoms. The van der Waals surface area contributed by atoms with Crippen LogP contribution in [0.3, 0.4) is 0 Å². The summed E-state index contributed by atoms with van der Waals surface area (Å²) in [4.78, 5) is 26.2. The molecule has 8 nitrogen and oxygen atoms in total. The van der Waals surface area contributed by atoms with Gasteiger partial charge in [0.2, 0.25) is 0 Å². The van der Waals surface area contributed by atoms with Crippen molar-refractivity contribution in [2.24, 2.45) is 14.1 Å². The summed E-state index contributed by atoms with van der Waals surface area (Å²) in [6.07, 6.45) is 8.27. The van der Waals surface area contributed by atoms with E-state index in [2.05, 4.69) is 27.0 Å². The molecule has 3 aromatic rings. The smallest absolute Gasteiger partial charge is 0.270 e. The summed E-state index contributed by atoms with van der Waals surface area (Å²) < 4.78 is 3.63. The number of aryl methyl sites for hydroxylation is 2. The predicted molar refractivity (Wildman–Crippen MR) is 107 cm³/mol. The van der Waals surface area contributed by atoms with Gasteiger partial charge in [0.25, 0.3) is 5.91 Å². The van der Waals surface area contributed by atoms with Gasteiger partial charge in [0.15, 0.2) is 5.82 Å². The first kappa shape index (κ1) is 18.4. The molecule has 1 aliphatic heterocycles. The van der Waals surface area contributed by atoms with Crippen LogP contribution in [0.15, 0.2) is 36.9 Å². The molecule has 1 amide bonds. The zero-order valence-electron chi connectivity index (χ0n) is 16.5. The number of likely N-dealkylation sites (N-methyl/N-ethyl adjacent to an activating group) is 1. The monoisotopic (exact) mass is 379 g/mol. The molecule has 1 aliphatic rings. The Morgan fingerprint density at radius 1 is 1.00 bits per heavy atom. The summed E-state index contributed by atoms with van der Waals surface area (Å²) in [6.45, 7) is 3.50. The van der Waals surface area contributed by atoms with Crippen LogP contribution in [-0.2, 0) is 14.1 Å². The number of carbonyl (C=O) groups excluding carboxylic acids is 1. The molecule has 4 heterocycles. The maximum absolute atomic E-state index is 13.0. The first-order chi connectivity index (χ1) is 13.5. The van der Waals surface area contributed by atoms with Crippen LogP contribution in [-0.4, -0.2) is 73.2 Å². The minimum Gasteiger partial charge on any atom is -0.346 e. The van der Waals surface area contributed by atoms with Crippen LogP contribution in [0.25, 0.3) is 22.6 Å². The van der Waals surface area contributed by atoms with Gasteiger partial charge in [-0.15, -0.1) is 0 Å². The number of carbonyl (C=O) groups is 1. The predicted octanol–water partition coefficient (Wildman–Crippen LogP) is 1.66. The first-order valence-corrected chi connectivity index (χ1v) is 9.48. The van der Waals surface area contributed by atoms with Crippen molar-refractivity contribution in [3.63, 3.8) is 0 Å². The van der Waals surface area contributed by atoms with Crippen LogP contribution in [0, 0.1) is 0 Å². The van der Waals surface area contributed by atoms with Gasteiger partial charge in [0.1, 0.15) is 11.4 Å². The lowest BCUT2D eigenvalue weighted by Gasteiger charge is -2.20. The highest BCUT2D eigenvalue weighted by Gasteiger charge is 2.22. The zero-order valence-corrected chi connectivity index (χ0v) is 16.5. The molecule has 0 bridgehead atoms. The van der Waals surface area contributed by atoms with Gasteiger partial charge in [-0.25, -0.2) is 9.97 Å². The van der Waals surface area contributed by atoms with Crippen molar-refractivity contribution in [3.05, 3.63) is 42.6 Å². The van der Waals surface area contributed by atoms with E-state index in [1.165, 1.54) is 0 Å². The normalized spacial score (nSPS) is 15.6. The molecule has 1 fully saturated rings. The van der Waals surface area contributed by atoms with Crippen LogP contribution in [0.2, 0.25) is 0 Å². The highest BCUT2D eigenvalue weighted by molar-refractivity contribution is 5.94. The number of aromatic nitrogens is 5. The van der Waals surface area contributed by atoms with Crippen molar-refractivity contribution in [1.29, 1.82) is 0 Å². The highest BCUT2D eigenvalue weighted by atomic mass is 16.2. The zero-order chi connectivity index (χ0) is 19.7. The summed E-state index contributed by atoms with van der Waals surface area (Å²) in [6, 6.07) is 3.81. The molecule has 1 saturated heterocycles. The Hall–Kier alpha value is -3.00. The Morgan fingerprint density at radius 3 is 2.50 bits per heavy atom. The van der Waals surface area contributed by atoms with E-state index in [0.717, 1.165) is 49.4 Å². The fourth-order valence-corrected chi connectivity index (χ4v) is 3.55. The fourth-order valence-electron chi connectivity index (χ4n) is 3.55. The third-order valence-corrected chi connectivity index (χ3v) is 5.27. The number of rotatable bonds is 3. The third-order valence-electron chi connectivity index (χ3n) is 5.27. The average molecular weight is 379 g/mol. The van der Waals surface area contributed by atoms with Crippen LogP contribution >= 0.6 is 0 Å².